The summed E-state index contributed by atoms with van der Waals surface area (Å²) in [5.41, 5.74) is -1.34. The average Bonchev–Trinajstić information content (AvgIpc) is 2.34. The largest absolute Gasteiger partial charge is 0.417 e. The zero-order chi connectivity index (χ0) is 15.5. The summed E-state index contributed by atoms with van der Waals surface area (Å²) in [7, 11) is 0. The van der Waals surface area contributed by atoms with E-state index in [1.807, 2.05) is 0 Å². The van der Waals surface area contributed by atoms with Gasteiger partial charge in [0, 0.05) is 12.7 Å². The van der Waals surface area contributed by atoms with Crippen molar-refractivity contribution in [3.8, 4) is 0 Å². The third kappa shape index (κ3) is 4.35. The summed E-state index contributed by atoms with van der Waals surface area (Å²) in [6.45, 7) is 3.50. The quantitative estimate of drug-likeness (QED) is 0.898. The molecule has 0 radical (unpaired) electrons. The van der Waals surface area contributed by atoms with Crippen LogP contribution >= 0.6 is 11.6 Å². The zero-order valence-electron chi connectivity index (χ0n) is 10.8. The number of nitrogens with zero attached hydrogens (tertiary/aromatic N) is 1. The molecule has 1 aromatic heterocycles. The maximum absolute atomic E-state index is 12.4. The third-order valence-electron chi connectivity index (χ3n) is 2.62. The Balaban J connectivity index is 2.80. The summed E-state index contributed by atoms with van der Waals surface area (Å²) in [4.78, 5) is 15.1. The van der Waals surface area contributed by atoms with Gasteiger partial charge in [0.2, 0.25) is 0 Å². The average molecular weight is 311 g/mol. The molecular weight excluding hydrogens is 297 g/mol. The van der Waals surface area contributed by atoms with Crippen LogP contribution in [0.15, 0.2) is 12.3 Å². The molecule has 0 aliphatic carbocycles. The molecule has 112 valence electrons. The third-order valence-corrected chi connectivity index (χ3v) is 2.91. The Bertz CT molecular complexity index is 492. The first kappa shape index (κ1) is 16.7. The predicted molar refractivity (Wildman–Crippen MR) is 67.4 cm³/mol. The second-order valence-electron chi connectivity index (χ2n) is 4.57. The fourth-order valence-corrected chi connectivity index (χ4v) is 1.53. The summed E-state index contributed by atoms with van der Waals surface area (Å²) in [5.74, 6) is -0.797. The molecule has 4 nitrogen and oxygen atoms in total. The van der Waals surface area contributed by atoms with Crippen molar-refractivity contribution in [1.29, 1.82) is 0 Å². The van der Waals surface area contributed by atoms with Crippen LogP contribution in [0, 0.1) is 5.92 Å². The summed E-state index contributed by atoms with van der Waals surface area (Å²) in [6.07, 6.45) is -4.79. The number of carbonyl (C=O) groups is 1. The van der Waals surface area contributed by atoms with Gasteiger partial charge in [-0.3, -0.25) is 4.79 Å². The van der Waals surface area contributed by atoms with E-state index < -0.39 is 28.8 Å². The van der Waals surface area contributed by atoms with Gasteiger partial charge in [0.05, 0.1) is 16.7 Å². The van der Waals surface area contributed by atoms with E-state index in [1.54, 1.807) is 13.8 Å². The van der Waals surface area contributed by atoms with Crippen molar-refractivity contribution in [2.24, 2.45) is 5.92 Å². The van der Waals surface area contributed by atoms with Gasteiger partial charge >= 0.3 is 6.18 Å². The van der Waals surface area contributed by atoms with Crippen LogP contribution in [0.25, 0.3) is 0 Å². The lowest BCUT2D eigenvalue weighted by Gasteiger charge is -2.15. The van der Waals surface area contributed by atoms with Crippen molar-refractivity contribution < 1.29 is 23.1 Å². The number of hydrogen-bond donors (Lipinski definition) is 2. The van der Waals surface area contributed by atoms with Crippen molar-refractivity contribution in [1.82, 2.24) is 10.3 Å². The Hall–Kier alpha value is -1.34. The number of halogens is 4. The SMILES string of the molecule is CC(C)C(O)CNC(=O)c1ncc(C(F)(F)F)cc1Cl. The van der Waals surface area contributed by atoms with Crippen LogP contribution in [0.2, 0.25) is 5.02 Å². The number of aliphatic hydroxyl groups is 1. The maximum Gasteiger partial charge on any atom is 0.417 e. The van der Waals surface area contributed by atoms with Gasteiger partial charge in [0.25, 0.3) is 5.91 Å². The molecule has 1 atom stereocenters. The number of carbonyl (C=O) groups excluding carboxylic acids is 1. The van der Waals surface area contributed by atoms with Gasteiger partial charge in [-0.1, -0.05) is 25.4 Å². The second-order valence-corrected chi connectivity index (χ2v) is 4.98. The topological polar surface area (TPSA) is 62.2 Å². The predicted octanol–water partition coefficient (Wildman–Crippen LogP) is 2.50. The Morgan fingerprint density at radius 3 is 2.55 bits per heavy atom. The standard InChI is InChI=1S/C12H14ClF3N2O2/c1-6(2)9(19)5-18-11(20)10-8(13)3-7(4-17-10)12(14,15)16/h3-4,6,9,19H,5H2,1-2H3,(H,18,20). The summed E-state index contributed by atoms with van der Waals surface area (Å²) in [6, 6.07) is 0.641. The normalized spacial score (nSPS) is 13.4. The number of pyridine rings is 1. The summed E-state index contributed by atoms with van der Waals surface area (Å²) < 4.78 is 37.2. The molecule has 2 N–H and O–H groups in total. The molecule has 8 heteroatoms. The van der Waals surface area contributed by atoms with Crippen molar-refractivity contribution >= 4 is 17.5 Å². The summed E-state index contributed by atoms with van der Waals surface area (Å²) >= 11 is 5.62. The van der Waals surface area contributed by atoms with Gasteiger partial charge in [-0.05, 0) is 12.0 Å². The van der Waals surface area contributed by atoms with Crippen LogP contribution in [-0.2, 0) is 6.18 Å². The molecule has 0 fully saturated rings. The Morgan fingerprint density at radius 2 is 2.10 bits per heavy atom. The van der Waals surface area contributed by atoms with Crippen LogP contribution in [0.5, 0.6) is 0 Å². The summed E-state index contributed by atoms with van der Waals surface area (Å²) in [5, 5.41) is 11.5. The minimum Gasteiger partial charge on any atom is -0.391 e. The van der Waals surface area contributed by atoms with Crippen molar-refractivity contribution in [3.05, 3.63) is 28.5 Å². The monoisotopic (exact) mass is 310 g/mol. The number of amides is 1. The molecule has 0 aromatic carbocycles. The van der Waals surface area contributed by atoms with E-state index in [0.717, 1.165) is 0 Å². The fraction of sp³-hybridized carbons (Fsp3) is 0.500. The highest BCUT2D eigenvalue weighted by Crippen LogP contribution is 2.30. The molecule has 1 unspecified atom stereocenters. The smallest absolute Gasteiger partial charge is 0.391 e. The van der Waals surface area contributed by atoms with E-state index in [0.29, 0.717) is 12.3 Å². The Kier molecular flexibility index (Phi) is 5.35. The first-order valence-electron chi connectivity index (χ1n) is 5.82. The van der Waals surface area contributed by atoms with Crippen molar-refractivity contribution in [2.45, 2.75) is 26.1 Å². The van der Waals surface area contributed by atoms with Crippen LogP contribution in [-0.4, -0.2) is 28.6 Å². The molecule has 0 saturated heterocycles. The number of alkyl halides is 3. The lowest BCUT2D eigenvalue weighted by molar-refractivity contribution is -0.137. The minimum absolute atomic E-state index is 0.0322. The van der Waals surface area contributed by atoms with E-state index in [4.69, 9.17) is 11.6 Å². The van der Waals surface area contributed by atoms with Gasteiger partial charge in [0.1, 0.15) is 5.69 Å². The van der Waals surface area contributed by atoms with Crippen LogP contribution in [0.3, 0.4) is 0 Å². The van der Waals surface area contributed by atoms with Crippen LogP contribution in [0.4, 0.5) is 13.2 Å². The molecule has 0 spiro atoms. The molecule has 20 heavy (non-hydrogen) atoms. The lowest BCUT2D eigenvalue weighted by Crippen LogP contribution is -2.35. The Morgan fingerprint density at radius 1 is 1.50 bits per heavy atom. The van der Waals surface area contributed by atoms with Gasteiger partial charge in [-0.25, -0.2) is 4.98 Å². The van der Waals surface area contributed by atoms with Crippen LogP contribution < -0.4 is 5.32 Å². The molecule has 0 aliphatic heterocycles. The van der Waals surface area contributed by atoms with E-state index in [2.05, 4.69) is 10.3 Å². The molecule has 0 bridgehead atoms. The molecule has 1 rings (SSSR count). The van der Waals surface area contributed by atoms with E-state index in [1.165, 1.54) is 0 Å². The van der Waals surface area contributed by atoms with E-state index in [9.17, 15) is 23.1 Å². The first-order chi connectivity index (χ1) is 9.12. The zero-order valence-corrected chi connectivity index (χ0v) is 11.6. The van der Waals surface area contributed by atoms with Gasteiger partial charge in [0.15, 0.2) is 0 Å². The molecule has 1 aromatic rings. The molecule has 0 aliphatic rings. The second kappa shape index (κ2) is 6.41. The number of aliphatic hydroxyl groups excluding tert-OH is 1. The number of hydrogen-bond acceptors (Lipinski definition) is 3. The van der Waals surface area contributed by atoms with Gasteiger partial charge in [-0.15, -0.1) is 0 Å². The first-order valence-corrected chi connectivity index (χ1v) is 6.19. The number of aromatic nitrogens is 1. The van der Waals surface area contributed by atoms with Gasteiger partial charge in [-0.2, -0.15) is 13.2 Å². The number of rotatable bonds is 4. The van der Waals surface area contributed by atoms with Crippen molar-refractivity contribution in [2.75, 3.05) is 6.54 Å². The van der Waals surface area contributed by atoms with Crippen LogP contribution in [0.1, 0.15) is 29.9 Å². The Labute approximate surface area is 119 Å². The highest BCUT2D eigenvalue weighted by Gasteiger charge is 2.32. The lowest BCUT2D eigenvalue weighted by atomic mass is 10.1. The fourth-order valence-electron chi connectivity index (χ4n) is 1.28. The molecular formula is C12H14ClF3N2O2. The van der Waals surface area contributed by atoms with Gasteiger partial charge < -0.3 is 10.4 Å². The highest BCUT2D eigenvalue weighted by molar-refractivity contribution is 6.33. The maximum atomic E-state index is 12.4. The highest BCUT2D eigenvalue weighted by atomic mass is 35.5. The minimum atomic E-state index is -4.57. The number of nitrogens with one attached hydrogen (secondary N) is 1. The van der Waals surface area contributed by atoms with Crippen molar-refractivity contribution in [3.63, 3.8) is 0 Å². The molecule has 1 heterocycles. The van der Waals surface area contributed by atoms with E-state index >= 15 is 0 Å². The van der Waals surface area contributed by atoms with E-state index in [-0.39, 0.29) is 18.2 Å². The molecule has 1 amide bonds. The molecule has 0 saturated carbocycles.